The molecule has 2 aromatic rings. The largest absolute Gasteiger partial charge is 0.495 e. The number of rotatable bonds is 2. The number of hydrogen-bond acceptors (Lipinski definition) is 5. The molecule has 31 heavy (non-hydrogen) atoms. The van der Waals surface area contributed by atoms with Gasteiger partial charge in [0, 0.05) is 17.3 Å². The zero-order valence-corrected chi connectivity index (χ0v) is 17.4. The predicted molar refractivity (Wildman–Crippen MR) is 114 cm³/mol. The molecule has 4 heterocycles. The topological polar surface area (TPSA) is 78.9 Å². The van der Waals surface area contributed by atoms with Gasteiger partial charge >= 0.3 is 0 Å². The fourth-order valence-corrected chi connectivity index (χ4v) is 6.37. The second kappa shape index (κ2) is 6.17. The zero-order chi connectivity index (χ0) is 21.5. The van der Waals surface area contributed by atoms with E-state index in [0.717, 1.165) is 29.7 Å². The van der Waals surface area contributed by atoms with E-state index in [9.17, 15) is 14.4 Å². The SMILES string of the molecule is COc1ccccc1N1C(=O)[C@H]2[C@@H](C1=O)[C@]1(C(=O)Nc3ccc(C)cc31)N1CCC[C@@H]21. The summed E-state index contributed by atoms with van der Waals surface area (Å²) in [6, 6.07) is 12.8. The molecule has 1 spiro atoms. The number of anilines is 2. The summed E-state index contributed by atoms with van der Waals surface area (Å²) in [5, 5.41) is 3.01. The van der Waals surface area contributed by atoms with Crippen molar-refractivity contribution < 1.29 is 19.1 Å². The maximum Gasteiger partial charge on any atom is 0.250 e. The molecule has 4 aliphatic heterocycles. The van der Waals surface area contributed by atoms with Crippen LogP contribution < -0.4 is 15.0 Å². The average Bonchev–Trinajstić information content (AvgIpc) is 3.47. The zero-order valence-electron chi connectivity index (χ0n) is 17.4. The van der Waals surface area contributed by atoms with Gasteiger partial charge in [-0.3, -0.25) is 19.3 Å². The van der Waals surface area contributed by atoms with Crippen molar-refractivity contribution >= 4 is 29.1 Å². The van der Waals surface area contributed by atoms with E-state index in [-0.39, 0.29) is 23.8 Å². The third kappa shape index (κ3) is 2.09. The lowest BCUT2D eigenvalue weighted by molar-refractivity contribution is -0.135. The highest BCUT2D eigenvalue weighted by atomic mass is 16.5. The summed E-state index contributed by atoms with van der Waals surface area (Å²) >= 11 is 0. The smallest absolute Gasteiger partial charge is 0.250 e. The number of nitrogens with one attached hydrogen (secondary N) is 1. The van der Waals surface area contributed by atoms with Gasteiger partial charge in [-0.25, -0.2) is 4.90 Å². The quantitative estimate of drug-likeness (QED) is 0.760. The minimum absolute atomic E-state index is 0.127. The molecule has 7 nitrogen and oxygen atoms in total. The molecule has 3 fully saturated rings. The van der Waals surface area contributed by atoms with Crippen LogP contribution in [0, 0.1) is 18.8 Å². The lowest BCUT2D eigenvalue weighted by atomic mass is 9.75. The van der Waals surface area contributed by atoms with E-state index in [1.807, 2.05) is 25.1 Å². The summed E-state index contributed by atoms with van der Waals surface area (Å²) in [6.07, 6.45) is 1.70. The van der Waals surface area contributed by atoms with E-state index in [1.54, 1.807) is 24.3 Å². The number of imide groups is 1. The summed E-state index contributed by atoms with van der Waals surface area (Å²) in [4.78, 5) is 44.7. The van der Waals surface area contributed by atoms with Crippen LogP contribution in [0.4, 0.5) is 11.4 Å². The van der Waals surface area contributed by atoms with Gasteiger partial charge in [-0.15, -0.1) is 0 Å². The van der Waals surface area contributed by atoms with Crippen molar-refractivity contribution in [2.45, 2.75) is 31.3 Å². The van der Waals surface area contributed by atoms with Crippen LogP contribution in [0.15, 0.2) is 42.5 Å². The second-order valence-corrected chi connectivity index (χ2v) is 8.86. The van der Waals surface area contributed by atoms with Crippen molar-refractivity contribution in [1.29, 1.82) is 0 Å². The van der Waals surface area contributed by atoms with Crippen LogP contribution in [0.5, 0.6) is 5.75 Å². The van der Waals surface area contributed by atoms with Gasteiger partial charge in [0.1, 0.15) is 11.3 Å². The third-order valence-electron chi connectivity index (χ3n) is 7.47. The number of benzene rings is 2. The molecule has 0 aliphatic carbocycles. The van der Waals surface area contributed by atoms with Gasteiger partial charge in [-0.2, -0.15) is 0 Å². The molecule has 4 atom stereocenters. The van der Waals surface area contributed by atoms with E-state index in [2.05, 4.69) is 10.2 Å². The lowest BCUT2D eigenvalue weighted by Crippen LogP contribution is -2.54. The molecule has 0 bridgehead atoms. The Balaban J connectivity index is 1.57. The number of nitrogens with zero attached hydrogens (tertiary/aromatic N) is 2. The van der Waals surface area contributed by atoms with Crippen molar-refractivity contribution in [3.63, 3.8) is 0 Å². The molecule has 6 rings (SSSR count). The Kier molecular flexibility index (Phi) is 3.69. The average molecular weight is 417 g/mol. The molecule has 158 valence electrons. The molecule has 1 N–H and O–H groups in total. The molecular formula is C24H23N3O4. The number of fused-ring (bicyclic) bond motifs is 7. The monoisotopic (exact) mass is 417 g/mol. The lowest BCUT2D eigenvalue weighted by Gasteiger charge is -2.36. The number of hydrogen-bond donors (Lipinski definition) is 1. The van der Waals surface area contributed by atoms with E-state index in [0.29, 0.717) is 18.0 Å². The fourth-order valence-electron chi connectivity index (χ4n) is 6.37. The van der Waals surface area contributed by atoms with Gasteiger partial charge in [0.2, 0.25) is 17.7 Å². The Labute approximate surface area is 180 Å². The van der Waals surface area contributed by atoms with E-state index < -0.39 is 17.4 Å². The standard InChI is InChI=1S/C24H23N3O4/c1-13-9-10-15-14(12-13)24(23(30)25-15)20-19(17-7-5-11-26(17)24)21(28)27(22(20)29)16-6-3-4-8-18(16)31-2/h3-4,6,8-10,12,17,19-20H,5,7,11H2,1-2H3,(H,25,30)/t17-,19+,20-,24+/m0/s1. The Hall–Kier alpha value is -3.19. The first-order valence-corrected chi connectivity index (χ1v) is 10.7. The van der Waals surface area contributed by atoms with E-state index in [4.69, 9.17) is 4.74 Å². The first kappa shape index (κ1) is 18.6. The van der Waals surface area contributed by atoms with Crippen LogP contribution in [0.1, 0.15) is 24.0 Å². The Morgan fingerprint density at radius 1 is 1.10 bits per heavy atom. The molecule has 3 saturated heterocycles. The van der Waals surface area contributed by atoms with Crippen LogP contribution in [-0.4, -0.2) is 42.3 Å². The van der Waals surface area contributed by atoms with Crippen LogP contribution in [0.3, 0.4) is 0 Å². The molecule has 0 radical (unpaired) electrons. The van der Waals surface area contributed by atoms with Crippen molar-refractivity contribution in [2.75, 3.05) is 23.9 Å². The van der Waals surface area contributed by atoms with E-state index >= 15 is 0 Å². The van der Waals surface area contributed by atoms with Crippen LogP contribution in [0.25, 0.3) is 0 Å². The number of aryl methyl sites for hydroxylation is 1. The molecular weight excluding hydrogens is 394 g/mol. The second-order valence-electron chi connectivity index (χ2n) is 8.86. The maximum atomic E-state index is 13.9. The number of carbonyl (C=O) groups excluding carboxylic acids is 3. The highest BCUT2D eigenvalue weighted by Crippen LogP contribution is 2.61. The third-order valence-corrected chi connectivity index (χ3v) is 7.47. The maximum absolute atomic E-state index is 13.9. The highest BCUT2D eigenvalue weighted by Gasteiger charge is 2.74. The van der Waals surface area contributed by atoms with E-state index in [1.165, 1.54) is 12.0 Å². The summed E-state index contributed by atoms with van der Waals surface area (Å²) < 4.78 is 5.44. The van der Waals surface area contributed by atoms with Gasteiger partial charge in [0.25, 0.3) is 0 Å². The Morgan fingerprint density at radius 3 is 2.71 bits per heavy atom. The molecule has 7 heteroatoms. The molecule has 0 aromatic heterocycles. The van der Waals surface area contributed by atoms with Gasteiger partial charge in [-0.05, 0) is 44.5 Å². The summed E-state index contributed by atoms with van der Waals surface area (Å²) in [7, 11) is 1.52. The van der Waals surface area contributed by atoms with Crippen LogP contribution in [-0.2, 0) is 19.9 Å². The minimum atomic E-state index is -1.14. The number of carbonyl (C=O) groups is 3. The van der Waals surface area contributed by atoms with Crippen molar-refractivity contribution in [3.8, 4) is 5.75 Å². The molecule has 4 aliphatic rings. The summed E-state index contributed by atoms with van der Waals surface area (Å²) in [5.74, 6) is -1.58. The van der Waals surface area contributed by atoms with Crippen LogP contribution in [0.2, 0.25) is 0 Å². The van der Waals surface area contributed by atoms with Crippen molar-refractivity contribution in [2.24, 2.45) is 11.8 Å². The molecule has 0 unspecified atom stereocenters. The number of methoxy groups -OCH3 is 1. The first-order chi connectivity index (χ1) is 15.0. The van der Waals surface area contributed by atoms with Gasteiger partial charge in [-0.1, -0.05) is 29.8 Å². The number of ether oxygens (including phenoxy) is 1. The summed E-state index contributed by atoms with van der Waals surface area (Å²) in [5.41, 5.74) is 1.87. The Bertz CT molecular complexity index is 1160. The van der Waals surface area contributed by atoms with Crippen molar-refractivity contribution in [1.82, 2.24) is 4.90 Å². The van der Waals surface area contributed by atoms with Crippen molar-refractivity contribution in [3.05, 3.63) is 53.6 Å². The minimum Gasteiger partial charge on any atom is -0.495 e. The normalized spacial score (nSPS) is 31.2. The Morgan fingerprint density at radius 2 is 1.90 bits per heavy atom. The highest BCUT2D eigenvalue weighted by molar-refractivity contribution is 6.26. The van der Waals surface area contributed by atoms with Crippen LogP contribution >= 0.6 is 0 Å². The predicted octanol–water partition coefficient (Wildman–Crippen LogP) is 2.43. The summed E-state index contributed by atoms with van der Waals surface area (Å²) in [6.45, 7) is 2.68. The van der Waals surface area contributed by atoms with Gasteiger partial charge in [0.05, 0.1) is 24.6 Å². The van der Waals surface area contributed by atoms with Gasteiger partial charge < -0.3 is 10.1 Å². The fraction of sp³-hybridized carbons (Fsp3) is 0.375. The molecule has 3 amide bonds. The number of amides is 3. The molecule has 0 saturated carbocycles. The van der Waals surface area contributed by atoms with Gasteiger partial charge in [0.15, 0.2) is 0 Å². The number of para-hydroxylation sites is 2. The molecule has 2 aromatic carbocycles. The first-order valence-electron chi connectivity index (χ1n) is 10.7.